The molecule has 8 heteroatoms. The highest BCUT2D eigenvalue weighted by Gasteiger charge is 2.56. The molecule has 2 aliphatic rings. The quantitative estimate of drug-likeness (QED) is 0.790. The standard InChI is InChI=1S/C18H21ClN4O2S/c1-17(2,3)25-16(24)23-8-12-7-18(23,10-21-12)15-22-13(9-26-15)11-4-5-20-14(19)6-11/h4-6,9,12,21H,7-8,10H2,1-3H3. The first kappa shape index (κ1) is 17.7. The van der Waals surface area contributed by atoms with E-state index in [9.17, 15) is 4.79 Å². The highest BCUT2D eigenvalue weighted by molar-refractivity contribution is 7.10. The topological polar surface area (TPSA) is 67.3 Å². The third-order valence-corrected chi connectivity index (χ3v) is 5.97. The van der Waals surface area contributed by atoms with Crippen LogP contribution in [0, 0.1) is 0 Å². The highest BCUT2D eigenvalue weighted by Crippen LogP contribution is 2.45. The lowest BCUT2D eigenvalue weighted by atomic mass is 10.00. The molecule has 0 radical (unpaired) electrons. The lowest BCUT2D eigenvalue weighted by Gasteiger charge is -2.38. The van der Waals surface area contributed by atoms with Gasteiger partial charge in [-0.1, -0.05) is 11.6 Å². The van der Waals surface area contributed by atoms with Gasteiger partial charge in [0.1, 0.15) is 21.3 Å². The Balaban J connectivity index is 1.66. The molecular weight excluding hydrogens is 372 g/mol. The lowest BCUT2D eigenvalue weighted by Crippen LogP contribution is -2.54. The van der Waals surface area contributed by atoms with Crippen molar-refractivity contribution in [1.29, 1.82) is 0 Å². The fourth-order valence-corrected chi connectivity index (χ4v) is 4.84. The van der Waals surface area contributed by atoms with E-state index in [0.29, 0.717) is 18.2 Å². The number of nitrogens with zero attached hydrogens (tertiary/aromatic N) is 3. The maximum atomic E-state index is 12.8. The van der Waals surface area contributed by atoms with Crippen LogP contribution < -0.4 is 5.32 Å². The minimum absolute atomic E-state index is 0.273. The summed E-state index contributed by atoms with van der Waals surface area (Å²) in [4.78, 5) is 23.5. The van der Waals surface area contributed by atoms with Gasteiger partial charge in [0.05, 0.1) is 5.69 Å². The summed E-state index contributed by atoms with van der Waals surface area (Å²) < 4.78 is 5.64. The van der Waals surface area contributed by atoms with Crippen molar-refractivity contribution in [1.82, 2.24) is 20.2 Å². The zero-order chi connectivity index (χ0) is 18.5. The number of thiazole rings is 1. The predicted octanol–water partition coefficient (Wildman–Crippen LogP) is 3.67. The Kier molecular flexibility index (Phi) is 4.21. The van der Waals surface area contributed by atoms with Crippen molar-refractivity contribution < 1.29 is 9.53 Å². The van der Waals surface area contributed by atoms with Crippen molar-refractivity contribution in [3.63, 3.8) is 0 Å². The number of rotatable bonds is 2. The summed E-state index contributed by atoms with van der Waals surface area (Å²) in [5.74, 6) is 0. The summed E-state index contributed by atoms with van der Waals surface area (Å²) >= 11 is 7.57. The SMILES string of the molecule is CC(C)(C)OC(=O)N1CC2CC1(c1nc(-c3ccnc(Cl)c3)cs1)CN2. The molecule has 1 amide bonds. The first-order valence-electron chi connectivity index (χ1n) is 8.59. The smallest absolute Gasteiger partial charge is 0.411 e. The number of pyridine rings is 1. The Morgan fingerprint density at radius 3 is 3.00 bits per heavy atom. The summed E-state index contributed by atoms with van der Waals surface area (Å²) in [6, 6.07) is 3.97. The Morgan fingerprint density at radius 1 is 1.50 bits per heavy atom. The minimum Gasteiger partial charge on any atom is -0.444 e. The van der Waals surface area contributed by atoms with E-state index in [4.69, 9.17) is 21.3 Å². The van der Waals surface area contributed by atoms with Crippen LogP contribution in [0.15, 0.2) is 23.7 Å². The molecule has 0 aliphatic carbocycles. The lowest BCUT2D eigenvalue weighted by molar-refractivity contribution is 0.00456. The number of carbonyl (C=O) groups is 1. The van der Waals surface area contributed by atoms with Gasteiger partial charge in [0.2, 0.25) is 0 Å². The third-order valence-electron chi connectivity index (χ3n) is 4.73. The van der Waals surface area contributed by atoms with Crippen LogP contribution in [0.4, 0.5) is 4.79 Å². The van der Waals surface area contributed by atoms with Gasteiger partial charge in [0, 0.05) is 36.3 Å². The molecule has 0 aromatic carbocycles. The number of ether oxygens (including phenoxy) is 1. The van der Waals surface area contributed by atoms with Gasteiger partial charge in [0.15, 0.2) is 0 Å². The molecule has 2 atom stereocenters. The van der Waals surface area contributed by atoms with Crippen molar-refractivity contribution >= 4 is 29.0 Å². The largest absolute Gasteiger partial charge is 0.444 e. The fraction of sp³-hybridized carbons (Fsp3) is 0.500. The number of halogens is 1. The number of likely N-dealkylation sites (tertiary alicyclic amines) is 1. The van der Waals surface area contributed by atoms with Crippen LogP contribution >= 0.6 is 22.9 Å². The summed E-state index contributed by atoms with van der Waals surface area (Å²) in [7, 11) is 0. The van der Waals surface area contributed by atoms with Gasteiger partial charge in [0.25, 0.3) is 0 Å². The molecule has 4 heterocycles. The van der Waals surface area contributed by atoms with Gasteiger partial charge in [-0.2, -0.15) is 0 Å². The number of amides is 1. The summed E-state index contributed by atoms with van der Waals surface area (Å²) in [5.41, 5.74) is 0.818. The van der Waals surface area contributed by atoms with Crippen LogP contribution in [0.5, 0.6) is 0 Å². The Bertz CT molecular complexity index is 850. The van der Waals surface area contributed by atoms with Gasteiger partial charge in [-0.05, 0) is 39.3 Å². The highest BCUT2D eigenvalue weighted by atomic mass is 35.5. The van der Waals surface area contributed by atoms with Gasteiger partial charge in [-0.3, -0.25) is 4.90 Å². The minimum atomic E-state index is -0.518. The number of fused-ring (bicyclic) bond motifs is 2. The first-order chi connectivity index (χ1) is 12.3. The summed E-state index contributed by atoms with van der Waals surface area (Å²) in [6.07, 6.45) is 2.26. The summed E-state index contributed by atoms with van der Waals surface area (Å²) in [6.45, 7) is 7.00. The van der Waals surface area contributed by atoms with Crippen molar-refractivity contribution in [2.75, 3.05) is 13.1 Å². The van der Waals surface area contributed by atoms with Crippen molar-refractivity contribution in [3.8, 4) is 11.3 Å². The second-order valence-corrected chi connectivity index (χ2v) is 9.05. The molecule has 138 valence electrons. The molecule has 6 nitrogen and oxygen atoms in total. The molecule has 0 spiro atoms. The molecule has 2 aliphatic heterocycles. The van der Waals surface area contributed by atoms with Crippen LogP contribution in [0.3, 0.4) is 0 Å². The maximum absolute atomic E-state index is 12.8. The number of carbonyl (C=O) groups excluding carboxylic acids is 1. The molecule has 26 heavy (non-hydrogen) atoms. The average Bonchev–Trinajstić information content (AvgIpc) is 3.27. The molecular formula is C18H21ClN4O2S. The molecule has 2 fully saturated rings. The van der Waals surface area contributed by atoms with E-state index in [1.807, 2.05) is 37.1 Å². The average molecular weight is 393 g/mol. The van der Waals surface area contributed by atoms with Gasteiger partial charge >= 0.3 is 6.09 Å². The molecule has 1 N–H and O–H groups in total. The first-order valence-corrected chi connectivity index (χ1v) is 9.85. The monoisotopic (exact) mass is 392 g/mol. The number of nitrogens with one attached hydrogen (secondary N) is 1. The van der Waals surface area contributed by atoms with E-state index in [1.165, 1.54) is 0 Å². The molecule has 0 saturated carbocycles. The Labute approximate surface area is 161 Å². The van der Waals surface area contributed by atoms with Crippen LogP contribution in [0.2, 0.25) is 5.15 Å². The third kappa shape index (κ3) is 3.08. The van der Waals surface area contributed by atoms with E-state index in [-0.39, 0.29) is 12.1 Å². The predicted molar refractivity (Wildman–Crippen MR) is 101 cm³/mol. The van der Waals surface area contributed by atoms with Crippen LogP contribution in [0.1, 0.15) is 32.2 Å². The van der Waals surface area contributed by atoms with E-state index < -0.39 is 11.1 Å². The second kappa shape index (κ2) is 6.18. The number of aromatic nitrogens is 2. The molecule has 4 rings (SSSR count). The summed E-state index contributed by atoms with van der Waals surface area (Å²) in [5, 5.41) is 6.86. The Hall–Kier alpha value is -1.70. The normalized spacial score (nSPS) is 24.9. The second-order valence-electron chi connectivity index (χ2n) is 7.81. The van der Waals surface area contributed by atoms with Gasteiger partial charge in [-0.15, -0.1) is 11.3 Å². The van der Waals surface area contributed by atoms with E-state index in [2.05, 4.69) is 10.3 Å². The molecule has 2 aromatic rings. The van der Waals surface area contributed by atoms with Gasteiger partial charge < -0.3 is 10.1 Å². The van der Waals surface area contributed by atoms with E-state index in [1.54, 1.807) is 23.6 Å². The van der Waals surface area contributed by atoms with E-state index in [0.717, 1.165) is 22.7 Å². The molecule has 2 bridgehead atoms. The van der Waals surface area contributed by atoms with Crippen LogP contribution in [-0.4, -0.2) is 45.7 Å². The van der Waals surface area contributed by atoms with Crippen LogP contribution in [-0.2, 0) is 10.3 Å². The number of hydrogen-bond acceptors (Lipinski definition) is 6. The molecule has 2 saturated heterocycles. The van der Waals surface area contributed by atoms with E-state index >= 15 is 0 Å². The molecule has 2 unspecified atom stereocenters. The van der Waals surface area contributed by atoms with Crippen LogP contribution in [0.25, 0.3) is 11.3 Å². The fourth-order valence-electron chi connectivity index (χ4n) is 3.62. The maximum Gasteiger partial charge on any atom is 0.411 e. The Morgan fingerprint density at radius 2 is 2.31 bits per heavy atom. The zero-order valence-corrected chi connectivity index (χ0v) is 16.5. The number of hydrogen-bond donors (Lipinski definition) is 1. The number of piperazine rings is 1. The van der Waals surface area contributed by atoms with Crippen molar-refractivity contribution in [2.45, 2.75) is 44.4 Å². The van der Waals surface area contributed by atoms with Crippen molar-refractivity contribution in [3.05, 3.63) is 33.9 Å². The zero-order valence-electron chi connectivity index (χ0n) is 15.0. The van der Waals surface area contributed by atoms with Crippen molar-refractivity contribution in [2.24, 2.45) is 0 Å². The molecule has 2 aromatic heterocycles. The van der Waals surface area contributed by atoms with Gasteiger partial charge in [-0.25, -0.2) is 14.8 Å².